The number of hydrogen-bond acceptors (Lipinski definition) is 2. The van der Waals surface area contributed by atoms with Gasteiger partial charge in [0, 0.05) is 18.5 Å². The van der Waals surface area contributed by atoms with E-state index in [2.05, 4.69) is 48.7 Å². The van der Waals surface area contributed by atoms with Crippen LogP contribution in [0.25, 0.3) is 0 Å². The fraction of sp³-hybridized carbons (Fsp3) is 0.381. The second-order valence-corrected chi connectivity index (χ2v) is 7.46. The van der Waals surface area contributed by atoms with E-state index < -0.39 is 0 Å². The molecule has 2 aromatic carbocycles. The van der Waals surface area contributed by atoms with Gasteiger partial charge in [0.05, 0.1) is 6.42 Å². The fourth-order valence-corrected chi connectivity index (χ4v) is 3.71. The zero-order valence-corrected chi connectivity index (χ0v) is 15.4. The summed E-state index contributed by atoms with van der Waals surface area (Å²) in [7, 11) is 1.89. The molecule has 1 amide bonds. The number of carbonyl (C=O) groups is 1. The van der Waals surface area contributed by atoms with Gasteiger partial charge >= 0.3 is 0 Å². The topological polar surface area (TPSA) is 20.3 Å². The van der Waals surface area contributed by atoms with Gasteiger partial charge in [-0.15, -0.1) is 11.8 Å². The second kappa shape index (κ2) is 7.89. The molecular weight excluding hydrogens is 314 g/mol. The van der Waals surface area contributed by atoms with Crippen molar-refractivity contribution in [3.8, 4) is 0 Å². The van der Waals surface area contributed by atoms with E-state index in [0.717, 1.165) is 12.0 Å². The predicted molar refractivity (Wildman–Crippen MR) is 101 cm³/mol. The molecule has 0 spiro atoms. The molecule has 0 saturated heterocycles. The summed E-state index contributed by atoms with van der Waals surface area (Å²) in [5.41, 5.74) is 5.24. The predicted octanol–water partition coefficient (Wildman–Crippen LogP) is 4.49. The molecule has 1 aliphatic carbocycles. The summed E-state index contributed by atoms with van der Waals surface area (Å²) in [5, 5.41) is 0. The van der Waals surface area contributed by atoms with Gasteiger partial charge in [-0.1, -0.05) is 30.3 Å². The summed E-state index contributed by atoms with van der Waals surface area (Å²) >= 11 is 1.74. The molecule has 2 nitrogen and oxygen atoms in total. The first-order chi connectivity index (χ1) is 11.7. The monoisotopic (exact) mass is 339 g/mol. The number of thioether (sulfide) groups is 1. The van der Waals surface area contributed by atoms with Gasteiger partial charge in [0.1, 0.15) is 0 Å². The summed E-state index contributed by atoms with van der Waals surface area (Å²) in [4.78, 5) is 15.6. The lowest BCUT2D eigenvalue weighted by molar-refractivity contribution is -0.129. The van der Waals surface area contributed by atoms with Crippen LogP contribution in [0.15, 0.2) is 47.4 Å². The Kier molecular flexibility index (Phi) is 5.62. The number of carbonyl (C=O) groups excluding carboxylic acids is 1. The lowest BCUT2D eigenvalue weighted by Gasteiger charge is -2.19. The Morgan fingerprint density at radius 1 is 1.00 bits per heavy atom. The molecule has 2 aromatic rings. The number of fused-ring (bicyclic) bond motifs is 1. The van der Waals surface area contributed by atoms with Gasteiger partial charge in [-0.25, -0.2) is 0 Å². The minimum absolute atomic E-state index is 0.180. The highest BCUT2D eigenvalue weighted by Gasteiger charge is 2.13. The summed E-state index contributed by atoms with van der Waals surface area (Å²) in [5.74, 6) is 0.180. The van der Waals surface area contributed by atoms with Crippen molar-refractivity contribution in [3.63, 3.8) is 0 Å². The molecule has 0 fully saturated rings. The van der Waals surface area contributed by atoms with Crippen LogP contribution in [0.5, 0.6) is 0 Å². The molecule has 0 bridgehead atoms. The summed E-state index contributed by atoms with van der Waals surface area (Å²) in [6.07, 6.45) is 7.49. The molecule has 0 heterocycles. The lowest BCUT2D eigenvalue weighted by Crippen LogP contribution is -2.27. The number of amides is 1. The molecule has 3 rings (SSSR count). The van der Waals surface area contributed by atoms with Crippen molar-refractivity contribution in [2.45, 2.75) is 43.5 Å². The van der Waals surface area contributed by atoms with E-state index in [9.17, 15) is 4.79 Å². The number of hydrogen-bond donors (Lipinski definition) is 0. The average Bonchev–Trinajstić information content (AvgIpc) is 2.62. The summed E-state index contributed by atoms with van der Waals surface area (Å²) < 4.78 is 0. The highest BCUT2D eigenvalue weighted by atomic mass is 32.2. The SMILES string of the molecule is CSc1ccc(CN(C)C(=O)Cc2ccc3c(c2)CCCC3)cc1. The normalized spacial score (nSPS) is 13.4. The van der Waals surface area contributed by atoms with Crippen molar-refractivity contribution in [1.29, 1.82) is 0 Å². The Balaban J connectivity index is 1.61. The summed E-state index contributed by atoms with van der Waals surface area (Å²) in [6.45, 7) is 0.665. The van der Waals surface area contributed by atoms with E-state index in [1.54, 1.807) is 11.8 Å². The quantitative estimate of drug-likeness (QED) is 0.748. The third kappa shape index (κ3) is 4.21. The number of aryl methyl sites for hydroxylation is 2. The Labute approximate surface area is 149 Å². The van der Waals surface area contributed by atoms with Crippen LogP contribution in [0.2, 0.25) is 0 Å². The van der Waals surface area contributed by atoms with Gasteiger partial charge in [0.25, 0.3) is 0 Å². The first-order valence-electron chi connectivity index (χ1n) is 8.63. The minimum Gasteiger partial charge on any atom is -0.341 e. The average molecular weight is 340 g/mol. The molecule has 0 aliphatic heterocycles. The van der Waals surface area contributed by atoms with Gasteiger partial charge in [-0.05, 0) is 66.3 Å². The molecular formula is C21H25NOS. The van der Waals surface area contributed by atoms with Crippen LogP contribution in [0.4, 0.5) is 0 Å². The molecule has 0 atom stereocenters. The van der Waals surface area contributed by atoms with Gasteiger partial charge in [0.15, 0.2) is 0 Å². The third-order valence-electron chi connectivity index (χ3n) is 4.77. The lowest BCUT2D eigenvalue weighted by atomic mass is 9.90. The van der Waals surface area contributed by atoms with Crippen LogP contribution in [-0.4, -0.2) is 24.1 Å². The molecule has 1 aliphatic rings. The zero-order chi connectivity index (χ0) is 16.9. The van der Waals surface area contributed by atoms with Crippen molar-refractivity contribution >= 4 is 17.7 Å². The Bertz CT molecular complexity index is 708. The number of benzene rings is 2. The van der Waals surface area contributed by atoms with Gasteiger partial charge < -0.3 is 4.90 Å². The van der Waals surface area contributed by atoms with Crippen LogP contribution in [0.1, 0.15) is 35.1 Å². The molecule has 0 unspecified atom stereocenters. The van der Waals surface area contributed by atoms with Crippen molar-refractivity contribution in [3.05, 3.63) is 64.7 Å². The van der Waals surface area contributed by atoms with Crippen molar-refractivity contribution in [1.82, 2.24) is 4.90 Å². The van der Waals surface area contributed by atoms with Gasteiger partial charge in [-0.3, -0.25) is 4.79 Å². The summed E-state index contributed by atoms with van der Waals surface area (Å²) in [6, 6.07) is 15.0. The first-order valence-corrected chi connectivity index (χ1v) is 9.86. The van der Waals surface area contributed by atoms with Gasteiger partial charge in [0.2, 0.25) is 5.91 Å². The van der Waals surface area contributed by atoms with Crippen LogP contribution in [0, 0.1) is 0 Å². The largest absolute Gasteiger partial charge is 0.341 e. The molecule has 3 heteroatoms. The molecule has 24 heavy (non-hydrogen) atoms. The number of likely N-dealkylation sites (N-methyl/N-ethyl adjacent to an activating group) is 1. The molecule has 0 radical (unpaired) electrons. The van der Waals surface area contributed by atoms with Crippen molar-refractivity contribution in [2.24, 2.45) is 0 Å². The Hall–Kier alpha value is -1.74. The second-order valence-electron chi connectivity index (χ2n) is 6.58. The first kappa shape index (κ1) is 17.1. The van der Waals surface area contributed by atoms with Crippen molar-refractivity contribution in [2.75, 3.05) is 13.3 Å². The third-order valence-corrected chi connectivity index (χ3v) is 5.52. The maximum atomic E-state index is 12.5. The number of rotatable bonds is 5. The number of nitrogens with zero attached hydrogens (tertiary/aromatic N) is 1. The van der Waals surface area contributed by atoms with Crippen LogP contribution >= 0.6 is 11.8 Å². The maximum absolute atomic E-state index is 12.5. The van der Waals surface area contributed by atoms with E-state index in [1.165, 1.54) is 40.8 Å². The van der Waals surface area contributed by atoms with Crippen LogP contribution in [0.3, 0.4) is 0 Å². The van der Waals surface area contributed by atoms with E-state index >= 15 is 0 Å². The highest BCUT2D eigenvalue weighted by Crippen LogP contribution is 2.22. The van der Waals surface area contributed by atoms with E-state index in [4.69, 9.17) is 0 Å². The van der Waals surface area contributed by atoms with E-state index in [-0.39, 0.29) is 5.91 Å². The maximum Gasteiger partial charge on any atom is 0.227 e. The van der Waals surface area contributed by atoms with Crippen molar-refractivity contribution < 1.29 is 4.79 Å². The Morgan fingerprint density at radius 3 is 2.38 bits per heavy atom. The molecule has 0 aromatic heterocycles. The van der Waals surface area contributed by atoms with Gasteiger partial charge in [-0.2, -0.15) is 0 Å². The minimum atomic E-state index is 0.180. The molecule has 0 N–H and O–H groups in total. The standard InChI is InChI=1S/C21H25NOS/c1-22(15-16-8-11-20(24-2)12-9-16)21(23)14-17-7-10-18-5-3-4-6-19(18)13-17/h7-13H,3-6,14-15H2,1-2H3. The zero-order valence-electron chi connectivity index (χ0n) is 14.5. The highest BCUT2D eigenvalue weighted by molar-refractivity contribution is 7.98. The van der Waals surface area contributed by atoms with Crippen LogP contribution in [-0.2, 0) is 30.6 Å². The smallest absolute Gasteiger partial charge is 0.227 e. The van der Waals surface area contributed by atoms with Crippen LogP contribution < -0.4 is 0 Å². The fourth-order valence-electron chi connectivity index (χ4n) is 3.30. The van der Waals surface area contributed by atoms with E-state index in [0.29, 0.717) is 13.0 Å². The molecule has 126 valence electrons. The van der Waals surface area contributed by atoms with E-state index in [1.807, 2.05) is 11.9 Å². The molecule has 0 saturated carbocycles. The Morgan fingerprint density at radius 2 is 1.67 bits per heavy atom.